The number of urea groups is 1. The summed E-state index contributed by atoms with van der Waals surface area (Å²) >= 11 is 0. The Balaban J connectivity index is 1.41. The van der Waals surface area contributed by atoms with Crippen molar-refractivity contribution in [3.8, 4) is 5.69 Å². The average molecular weight is 417 g/mol. The molecule has 0 spiro atoms. The van der Waals surface area contributed by atoms with Gasteiger partial charge in [0.2, 0.25) is 0 Å². The number of anilines is 1. The summed E-state index contributed by atoms with van der Waals surface area (Å²) in [6.07, 6.45) is 2.07. The highest BCUT2D eigenvalue weighted by Crippen LogP contribution is 2.14. The molecule has 1 aromatic heterocycles. The number of aromatic nitrogens is 2. The predicted octanol–water partition coefficient (Wildman–Crippen LogP) is 2.79. The van der Waals surface area contributed by atoms with Gasteiger partial charge in [-0.3, -0.25) is 9.59 Å². The molecule has 1 aliphatic heterocycles. The highest BCUT2D eigenvalue weighted by Gasteiger charge is 2.17. The molecule has 1 fully saturated rings. The molecule has 31 heavy (non-hydrogen) atoms. The quantitative estimate of drug-likeness (QED) is 0.667. The van der Waals surface area contributed by atoms with E-state index in [0.29, 0.717) is 11.4 Å². The fraction of sp³-hybridized carbons (Fsp3) is 0.217. The van der Waals surface area contributed by atoms with Crippen molar-refractivity contribution in [1.29, 1.82) is 0 Å². The van der Waals surface area contributed by atoms with Gasteiger partial charge in [-0.05, 0) is 48.7 Å². The third-order valence-electron chi connectivity index (χ3n) is 5.06. The molecular formula is C23H23N5O3. The standard InChI is InChI=1S/C23H23N5O3/c29-21-12-11-20(26-28(21)19-9-2-1-3-10-19)22(30)24-16-17-7-6-8-18(15-17)25-23(31)27-13-4-5-14-27/h1-3,6-12,15H,4-5,13-14,16H2,(H,24,30)(H,25,31). The number of carbonyl (C=O) groups is 2. The van der Waals surface area contributed by atoms with Crippen LogP contribution in [0, 0.1) is 0 Å². The van der Waals surface area contributed by atoms with E-state index in [2.05, 4.69) is 15.7 Å². The highest BCUT2D eigenvalue weighted by molar-refractivity contribution is 5.92. The molecule has 1 saturated heterocycles. The first kappa shape index (κ1) is 20.3. The molecule has 2 aromatic carbocycles. The molecule has 0 bridgehead atoms. The Bertz CT molecular complexity index is 1140. The SMILES string of the molecule is O=C(NCc1cccc(NC(=O)N2CCCC2)c1)c1ccc(=O)n(-c2ccccc2)n1. The maximum Gasteiger partial charge on any atom is 0.321 e. The van der Waals surface area contributed by atoms with Crippen LogP contribution in [0.25, 0.3) is 5.69 Å². The largest absolute Gasteiger partial charge is 0.347 e. The van der Waals surface area contributed by atoms with Crippen LogP contribution in [0.5, 0.6) is 0 Å². The molecule has 0 radical (unpaired) electrons. The lowest BCUT2D eigenvalue weighted by molar-refractivity contribution is 0.0944. The fourth-order valence-electron chi connectivity index (χ4n) is 3.44. The van der Waals surface area contributed by atoms with Crippen LogP contribution in [-0.4, -0.2) is 39.7 Å². The lowest BCUT2D eigenvalue weighted by Crippen LogP contribution is -2.32. The Labute approximate surface area is 179 Å². The van der Waals surface area contributed by atoms with Crippen LogP contribution in [0.15, 0.2) is 71.5 Å². The first-order valence-corrected chi connectivity index (χ1v) is 10.2. The van der Waals surface area contributed by atoms with Gasteiger partial charge in [0.1, 0.15) is 5.69 Å². The molecule has 1 aliphatic rings. The van der Waals surface area contributed by atoms with Gasteiger partial charge in [-0.1, -0.05) is 30.3 Å². The topological polar surface area (TPSA) is 96.3 Å². The van der Waals surface area contributed by atoms with E-state index in [9.17, 15) is 14.4 Å². The fourth-order valence-corrected chi connectivity index (χ4v) is 3.44. The van der Waals surface area contributed by atoms with E-state index in [1.54, 1.807) is 29.2 Å². The van der Waals surface area contributed by atoms with Gasteiger partial charge in [-0.25, -0.2) is 4.79 Å². The lowest BCUT2D eigenvalue weighted by atomic mass is 10.2. The van der Waals surface area contributed by atoms with Gasteiger partial charge < -0.3 is 15.5 Å². The first-order chi connectivity index (χ1) is 15.1. The van der Waals surface area contributed by atoms with E-state index >= 15 is 0 Å². The van der Waals surface area contributed by atoms with Gasteiger partial charge in [-0.15, -0.1) is 0 Å². The summed E-state index contributed by atoms with van der Waals surface area (Å²) in [5.74, 6) is -0.392. The normalized spacial score (nSPS) is 13.1. The Hall–Kier alpha value is -3.94. The second-order valence-electron chi connectivity index (χ2n) is 7.31. The van der Waals surface area contributed by atoms with E-state index in [4.69, 9.17) is 0 Å². The van der Waals surface area contributed by atoms with Gasteiger partial charge in [0.05, 0.1) is 5.69 Å². The van der Waals surface area contributed by atoms with Crippen molar-refractivity contribution in [2.24, 2.45) is 0 Å². The molecule has 3 amide bonds. The minimum atomic E-state index is -0.392. The van der Waals surface area contributed by atoms with Crippen LogP contribution in [0.2, 0.25) is 0 Å². The summed E-state index contributed by atoms with van der Waals surface area (Å²) < 4.78 is 1.20. The Morgan fingerprint density at radius 2 is 1.71 bits per heavy atom. The molecule has 158 valence electrons. The highest BCUT2D eigenvalue weighted by atomic mass is 16.2. The third-order valence-corrected chi connectivity index (χ3v) is 5.06. The lowest BCUT2D eigenvalue weighted by Gasteiger charge is -2.16. The van der Waals surface area contributed by atoms with Crippen LogP contribution in [0.1, 0.15) is 28.9 Å². The minimum absolute atomic E-state index is 0.106. The Morgan fingerprint density at radius 1 is 0.935 bits per heavy atom. The Morgan fingerprint density at radius 3 is 2.48 bits per heavy atom. The van der Waals surface area contributed by atoms with Crippen molar-refractivity contribution in [3.63, 3.8) is 0 Å². The predicted molar refractivity (Wildman–Crippen MR) is 117 cm³/mol. The molecule has 3 aromatic rings. The van der Waals surface area contributed by atoms with Crippen LogP contribution in [0.4, 0.5) is 10.5 Å². The second kappa shape index (κ2) is 9.25. The zero-order chi connectivity index (χ0) is 21.6. The summed E-state index contributed by atoms with van der Waals surface area (Å²) in [6.45, 7) is 1.82. The molecule has 2 heterocycles. The van der Waals surface area contributed by atoms with E-state index in [-0.39, 0.29) is 23.8 Å². The summed E-state index contributed by atoms with van der Waals surface area (Å²) in [5.41, 5.74) is 1.93. The number of nitrogens with zero attached hydrogens (tertiary/aromatic N) is 3. The van der Waals surface area contributed by atoms with Crippen molar-refractivity contribution < 1.29 is 9.59 Å². The number of amides is 3. The van der Waals surface area contributed by atoms with Gasteiger partial charge in [0, 0.05) is 31.4 Å². The number of likely N-dealkylation sites (tertiary alicyclic amines) is 1. The number of para-hydroxylation sites is 1. The first-order valence-electron chi connectivity index (χ1n) is 10.2. The molecule has 0 aliphatic carbocycles. The van der Waals surface area contributed by atoms with Crippen LogP contribution in [0.3, 0.4) is 0 Å². The molecule has 4 rings (SSSR count). The number of hydrogen-bond donors (Lipinski definition) is 2. The van der Waals surface area contributed by atoms with Gasteiger partial charge in [0.15, 0.2) is 0 Å². The maximum atomic E-state index is 12.6. The van der Waals surface area contributed by atoms with Gasteiger partial charge >= 0.3 is 6.03 Å². The van der Waals surface area contributed by atoms with Crippen molar-refractivity contribution in [2.75, 3.05) is 18.4 Å². The number of rotatable bonds is 5. The summed E-state index contributed by atoms with van der Waals surface area (Å²) in [5, 5.41) is 9.89. The maximum absolute atomic E-state index is 12.6. The monoisotopic (exact) mass is 417 g/mol. The van der Waals surface area contributed by atoms with Crippen molar-refractivity contribution in [3.05, 3.63) is 88.3 Å². The Kier molecular flexibility index (Phi) is 6.07. The summed E-state index contributed by atoms with van der Waals surface area (Å²) in [4.78, 5) is 38.8. The number of carbonyl (C=O) groups excluding carboxylic acids is 2. The molecule has 0 atom stereocenters. The molecule has 0 unspecified atom stereocenters. The molecule has 0 saturated carbocycles. The zero-order valence-corrected chi connectivity index (χ0v) is 17.0. The van der Waals surface area contributed by atoms with Crippen LogP contribution in [-0.2, 0) is 6.54 Å². The van der Waals surface area contributed by atoms with E-state index < -0.39 is 5.91 Å². The minimum Gasteiger partial charge on any atom is -0.347 e. The van der Waals surface area contributed by atoms with Crippen molar-refractivity contribution >= 4 is 17.6 Å². The van der Waals surface area contributed by atoms with E-state index in [1.165, 1.54) is 16.8 Å². The molecule has 8 heteroatoms. The molecular weight excluding hydrogens is 394 g/mol. The summed E-state index contributed by atoms with van der Waals surface area (Å²) in [7, 11) is 0. The number of hydrogen-bond acceptors (Lipinski definition) is 4. The third kappa shape index (κ3) is 4.98. The van der Waals surface area contributed by atoms with E-state index in [1.807, 2.05) is 30.3 Å². The average Bonchev–Trinajstić information content (AvgIpc) is 3.34. The molecule has 8 nitrogen and oxygen atoms in total. The number of nitrogens with one attached hydrogen (secondary N) is 2. The van der Waals surface area contributed by atoms with Crippen molar-refractivity contribution in [2.45, 2.75) is 19.4 Å². The van der Waals surface area contributed by atoms with Crippen LogP contribution < -0.4 is 16.2 Å². The van der Waals surface area contributed by atoms with Gasteiger partial charge in [-0.2, -0.15) is 9.78 Å². The molecule has 2 N–H and O–H groups in total. The number of benzene rings is 2. The van der Waals surface area contributed by atoms with Crippen molar-refractivity contribution in [1.82, 2.24) is 20.0 Å². The zero-order valence-electron chi connectivity index (χ0n) is 17.0. The second-order valence-corrected chi connectivity index (χ2v) is 7.31. The smallest absolute Gasteiger partial charge is 0.321 e. The van der Waals surface area contributed by atoms with Gasteiger partial charge in [0.25, 0.3) is 11.5 Å². The summed E-state index contributed by atoms with van der Waals surface area (Å²) in [6, 6.07) is 18.9. The van der Waals surface area contributed by atoms with E-state index in [0.717, 1.165) is 31.5 Å². The van der Waals surface area contributed by atoms with Crippen LogP contribution >= 0.6 is 0 Å².